The highest BCUT2D eigenvalue weighted by molar-refractivity contribution is 5.58. The minimum absolute atomic E-state index is 0.0140. The highest BCUT2D eigenvalue weighted by Crippen LogP contribution is 2.35. The zero-order valence-corrected chi connectivity index (χ0v) is 16.3. The number of nitriles is 1. The van der Waals surface area contributed by atoms with Crippen LogP contribution in [0.2, 0.25) is 0 Å². The van der Waals surface area contributed by atoms with Gasteiger partial charge in [0.25, 0.3) is 11.2 Å². The lowest BCUT2D eigenvalue weighted by Gasteiger charge is -2.25. The number of aryl methyl sites for hydroxylation is 1. The van der Waals surface area contributed by atoms with Crippen molar-refractivity contribution in [2.24, 2.45) is 10.2 Å². The molecule has 9 nitrogen and oxygen atoms in total. The highest BCUT2D eigenvalue weighted by atomic mass is 16.6. The van der Waals surface area contributed by atoms with E-state index in [0.29, 0.717) is 5.56 Å². The van der Waals surface area contributed by atoms with Gasteiger partial charge < -0.3 is 5.11 Å². The molecule has 9 heteroatoms. The van der Waals surface area contributed by atoms with E-state index in [4.69, 9.17) is 0 Å². The van der Waals surface area contributed by atoms with Crippen LogP contribution in [0.25, 0.3) is 0 Å². The van der Waals surface area contributed by atoms with E-state index < -0.39 is 10.5 Å². The van der Waals surface area contributed by atoms with Crippen LogP contribution in [0.15, 0.2) is 33.2 Å². The van der Waals surface area contributed by atoms with Gasteiger partial charge in [-0.15, -0.1) is 10.2 Å². The Kier molecular flexibility index (Phi) is 5.73. The molecule has 0 atom stereocenters. The number of aromatic hydroxyl groups is 1. The molecule has 0 radical (unpaired) electrons. The number of rotatable bonds is 4. The van der Waals surface area contributed by atoms with Crippen molar-refractivity contribution in [3.63, 3.8) is 0 Å². The maximum atomic E-state index is 13.1. The van der Waals surface area contributed by atoms with Gasteiger partial charge in [-0.05, 0) is 32.3 Å². The number of azo groups is 1. The summed E-state index contributed by atoms with van der Waals surface area (Å²) >= 11 is 0. The van der Waals surface area contributed by atoms with Crippen LogP contribution in [0.3, 0.4) is 0 Å². The molecule has 1 aromatic carbocycles. The van der Waals surface area contributed by atoms with Crippen LogP contribution >= 0.6 is 0 Å². The molecular formula is C20H21N5O4. The third kappa shape index (κ3) is 3.87. The van der Waals surface area contributed by atoms with Gasteiger partial charge in [-0.3, -0.25) is 19.5 Å². The second-order valence-electron chi connectivity index (χ2n) is 7.18. The summed E-state index contributed by atoms with van der Waals surface area (Å²) in [6.07, 6.45) is 4.43. The topological polar surface area (TPSA) is 134 Å². The van der Waals surface area contributed by atoms with E-state index in [0.717, 1.165) is 32.1 Å². The predicted octanol–water partition coefficient (Wildman–Crippen LogP) is 4.87. The fourth-order valence-electron chi connectivity index (χ4n) is 3.63. The number of non-ortho nitro benzene ring substituents is 1. The predicted molar refractivity (Wildman–Crippen MR) is 106 cm³/mol. The third-order valence-corrected chi connectivity index (χ3v) is 5.32. The lowest BCUT2D eigenvalue weighted by molar-refractivity contribution is -0.384. The van der Waals surface area contributed by atoms with Gasteiger partial charge in [-0.25, -0.2) is 0 Å². The number of aromatic nitrogens is 1. The molecule has 0 amide bonds. The normalized spacial score (nSPS) is 14.8. The largest absolute Gasteiger partial charge is 0.493 e. The van der Waals surface area contributed by atoms with E-state index in [1.807, 2.05) is 6.07 Å². The summed E-state index contributed by atoms with van der Waals surface area (Å²) in [5, 5.41) is 39.1. The third-order valence-electron chi connectivity index (χ3n) is 5.32. The molecule has 29 heavy (non-hydrogen) atoms. The van der Waals surface area contributed by atoms with E-state index in [1.54, 1.807) is 13.0 Å². The Hall–Kier alpha value is -3.54. The molecule has 1 aliphatic rings. The summed E-state index contributed by atoms with van der Waals surface area (Å²) in [5.74, 6) is -0.340. The van der Waals surface area contributed by atoms with Crippen molar-refractivity contribution in [3.8, 4) is 11.9 Å². The quantitative estimate of drug-likeness (QED) is 0.448. The SMILES string of the molecule is Cc1ccc([N+](=O)[O-])cc1N=Nc1c(C)c(C#N)c(O)n(C2CCCCC2)c1=O. The first kappa shape index (κ1) is 20.2. The van der Waals surface area contributed by atoms with Crippen LogP contribution in [-0.2, 0) is 0 Å². The molecule has 1 N–H and O–H groups in total. The average Bonchev–Trinajstić information content (AvgIpc) is 2.70. The highest BCUT2D eigenvalue weighted by Gasteiger charge is 2.25. The van der Waals surface area contributed by atoms with Gasteiger partial charge in [0.1, 0.15) is 11.6 Å². The second-order valence-corrected chi connectivity index (χ2v) is 7.18. The van der Waals surface area contributed by atoms with Gasteiger partial charge in [0, 0.05) is 23.7 Å². The number of nitro benzene ring substituents is 1. The molecule has 1 saturated carbocycles. The van der Waals surface area contributed by atoms with E-state index in [2.05, 4.69) is 10.2 Å². The van der Waals surface area contributed by atoms with Gasteiger partial charge in [0.05, 0.1) is 10.6 Å². The van der Waals surface area contributed by atoms with Crippen molar-refractivity contribution in [1.29, 1.82) is 5.26 Å². The smallest absolute Gasteiger partial charge is 0.281 e. The summed E-state index contributed by atoms with van der Waals surface area (Å²) in [6.45, 7) is 3.25. The Morgan fingerprint density at radius 1 is 1.24 bits per heavy atom. The fourth-order valence-corrected chi connectivity index (χ4v) is 3.63. The molecule has 1 aromatic heterocycles. The average molecular weight is 395 g/mol. The minimum atomic E-state index is -0.534. The van der Waals surface area contributed by atoms with Crippen molar-refractivity contribution in [2.45, 2.75) is 52.0 Å². The van der Waals surface area contributed by atoms with E-state index in [-0.39, 0.29) is 40.1 Å². The van der Waals surface area contributed by atoms with Crippen LogP contribution < -0.4 is 5.56 Å². The van der Waals surface area contributed by atoms with Crippen molar-refractivity contribution in [1.82, 2.24) is 4.57 Å². The number of benzene rings is 1. The Labute approximate surface area is 167 Å². The molecule has 3 rings (SSSR count). The van der Waals surface area contributed by atoms with Crippen LogP contribution in [0, 0.1) is 35.3 Å². The number of hydrogen-bond donors (Lipinski definition) is 1. The number of pyridine rings is 1. The van der Waals surface area contributed by atoms with E-state index in [1.165, 1.54) is 23.6 Å². The molecule has 150 valence electrons. The van der Waals surface area contributed by atoms with E-state index >= 15 is 0 Å². The molecule has 0 saturated heterocycles. The molecule has 2 aromatic rings. The zero-order valence-electron chi connectivity index (χ0n) is 16.3. The maximum Gasteiger partial charge on any atom is 0.281 e. The summed E-state index contributed by atoms with van der Waals surface area (Å²) in [4.78, 5) is 23.6. The van der Waals surface area contributed by atoms with Gasteiger partial charge in [0.2, 0.25) is 5.88 Å². The van der Waals surface area contributed by atoms with Gasteiger partial charge >= 0.3 is 0 Å². The summed E-state index contributed by atoms with van der Waals surface area (Å²) in [7, 11) is 0. The first-order valence-electron chi connectivity index (χ1n) is 9.40. The van der Waals surface area contributed by atoms with E-state index in [9.17, 15) is 25.3 Å². The monoisotopic (exact) mass is 395 g/mol. The summed E-state index contributed by atoms with van der Waals surface area (Å²) in [5.41, 5.74) is 0.435. The lowest BCUT2D eigenvalue weighted by atomic mass is 9.94. The molecule has 1 heterocycles. The lowest BCUT2D eigenvalue weighted by Crippen LogP contribution is -2.27. The number of nitrogens with zero attached hydrogens (tertiary/aromatic N) is 5. The van der Waals surface area contributed by atoms with Crippen LogP contribution in [0.5, 0.6) is 5.88 Å². The summed E-state index contributed by atoms with van der Waals surface area (Å²) < 4.78 is 1.25. The van der Waals surface area contributed by atoms with Crippen molar-refractivity contribution < 1.29 is 10.0 Å². The molecule has 0 bridgehead atoms. The van der Waals surface area contributed by atoms with Crippen molar-refractivity contribution >= 4 is 17.1 Å². The fraction of sp³-hybridized carbons (Fsp3) is 0.400. The molecule has 0 aliphatic heterocycles. The molecular weight excluding hydrogens is 374 g/mol. The Bertz CT molecular complexity index is 1090. The Morgan fingerprint density at radius 3 is 2.55 bits per heavy atom. The molecule has 1 aliphatic carbocycles. The zero-order chi connectivity index (χ0) is 21.1. The van der Waals surface area contributed by atoms with Crippen LogP contribution in [0.1, 0.15) is 54.8 Å². The summed E-state index contributed by atoms with van der Waals surface area (Å²) in [6, 6.07) is 5.94. The number of hydrogen-bond acceptors (Lipinski definition) is 7. The first-order chi connectivity index (χ1) is 13.8. The molecule has 0 unspecified atom stereocenters. The van der Waals surface area contributed by atoms with Crippen LogP contribution in [-0.4, -0.2) is 14.6 Å². The minimum Gasteiger partial charge on any atom is -0.493 e. The number of nitro groups is 1. The van der Waals surface area contributed by atoms with Gasteiger partial charge in [-0.2, -0.15) is 5.26 Å². The first-order valence-corrected chi connectivity index (χ1v) is 9.40. The Morgan fingerprint density at radius 2 is 1.93 bits per heavy atom. The van der Waals surface area contributed by atoms with Crippen molar-refractivity contribution in [3.05, 3.63) is 55.4 Å². The Balaban J connectivity index is 2.14. The standard InChI is InChI=1S/C20H21N5O4/c1-12-8-9-15(25(28)29)10-17(12)22-23-18-13(2)16(11-21)19(26)24(20(18)27)14-6-4-3-5-7-14/h8-10,14,26H,3-7H2,1-2H3. The molecule has 1 fully saturated rings. The maximum absolute atomic E-state index is 13.1. The van der Waals surface area contributed by atoms with Crippen molar-refractivity contribution in [2.75, 3.05) is 0 Å². The van der Waals surface area contributed by atoms with Gasteiger partial charge in [0.15, 0.2) is 5.69 Å². The second kappa shape index (κ2) is 8.22. The van der Waals surface area contributed by atoms with Gasteiger partial charge in [-0.1, -0.05) is 25.3 Å². The molecule has 0 spiro atoms. The van der Waals surface area contributed by atoms with Crippen LogP contribution in [0.4, 0.5) is 17.1 Å².